The number of nitrogens with one attached hydrogen (secondary N) is 1. The standard InChI is InChI=1S/C16H11ClN2OS3/c17-13-6-5-9(22-13)7-14(20)18-16-19-15-10-3-1-2-4-11(10)21-8-12(15)23-16/h1-6H,7-8H2,(H,18,19,20). The Morgan fingerprint density at radius 3 is 2.91 bits per heavy atom. The highest BCUT2D eigenvalue weighted by molar-refractivity contribution is 7.98. The van der Waals surface area contributed by atoms with E-state index in [4.69, 9.17) is 11.6 Å². The zero-order valence-electron chi connectivity index (χ0n) is 11.8. The van der Waals surface area contributed by atoms with Gasteiger partial charge in [-0.1, -0.05) is 29.8 Å². The van der Waals surface area contributed by atoms with Crippen molar-refractivity contribution in [1.29, 1.82) is 0 Å². The Morgan fingerprint density at radius 1 is 1.22 bits per heavy atom. The second-order valence-electron chi connectivity index (χ2n) is 5.01. The Hall–Kier alpha value is -1.34. The van der Waals surface area contributed by atoms with Crippen molar-refractivity contribution in [3.63, 3.8) is 0 Å². The third-order valence-corrected chi connectivity index (χ3v) is 6.89. The number of hydrogen-bond acceptors (Lipinski definition) is 5. The van der Waals surface area contributed by atoms with E-state index >= 15 is 0 Å². The molecule has 3 heterocycles. The maximum atomic E-state index is 12.2. The number of rotatable bonds is 3. The fraction of sp³-hybridized carbons (Fsp3) is 0.125. The lowest BCUT2D eigenvalue weighted by molar-refractivity contribution is -0.115. The van der Waals surface area contributed by atoms with Crippen LogP contribution in [-0.2, 0) is 17.0 Å². The van der Waals surface area contributed by atoms with Crippen molar-refractivity contribution in [2.24, 2.45) is 0 Å². The van der Waals surface area contributed by atoms with Gasteiger partial charge in [-0.3, -0.25) is 4.79 Å². The largest absolute Gasteiger partial charge is 0.302 e. The highest BCUT2D eigenvalue weighted by Gasteiger charge is 2.21. The second kappa shape index (κ2) is 6.28. The molecule has 3 nitrogen and oxygen atoms in total. The summed E-state index contributed by atoms with van der Waals surface area (Å²) in [6.45, 7) is 0. The monoisotopic (exact) mass is 378 g/mol. The van der Waals surface area contributed by atoms with Crippen LogP contribution in [0.15, 0.2) is 41.3 Å². The number of aromatic nitrogens is 1. The third-order valence-electron chi connectivity index (χ3n) is 3.41. The van der Waals surface area contributed by atoms with E-state index in [0.717, 1.165) is 21.9 Å². The van der Waals surface area contributed by atoms with Crippen LogP contribution in [0.2, 0.25) is 4.34 Å². The zero-order chi connectivity index (χ0) is 15.8. The van der Waals surface area contributed by atoms with Crippen molar-refractivity contribution in [3.8, 4) is 11.3 Å². The van der Waals surface area contributed by atoms with Crippen LogP contribution in [0, 0.1) is 0 Å². The minimum atomic E-state index is -0.0597. The number of amides is 1. The first kappa shape index (κ1) is 15.2. The molecule has 0 aliphatic carbocycles. The van der Waals surface area contributed by atoms with Gasteiger partial charge in [0.15, 0.2) is 5.13 Å². The maximum absolute atomic E-state index is 12.2. The average Bonchev–Trinajstić information content (AvgIpc) is 3.13. The van der Waals surface area contributed by atoms with E-state index in [9.17, 15) is 4.79 Å². The SMILES string of the molecule is O=C(Cc1ccc(Cl)s1)Nc1nc2c(s1)CSc1ccccc1-2. The minimum absolute atomic E-state index is 0.0597. The summed E-state index contributed by atoms with van der Waals surface area (Å²) in [5.41, 5.74) is 2.15. The lowest BCUT2D eigenvalue weighted by atomic mass is 10.1. The summed E-state index contributed by atoms with van der Waals surface area (Å²) in [5.74, 6) is 0.844. The Balaban J connectivity index is 1.53. The van der Waals surface area contributed by atoms with Crippen LogP contribution in [0.5, 0.6) is 0 Å². The molecule has 0 atom stereocenters. The van der Waals surface area contributed by atoms with E-state index in [-0.39, 0.29) is 5.91 Å². The van der Waals surface area contributed by atoms with Crippen molar-refractivity contribution in [2.45, 2.75) is 17.1 Å². The molecule has 1 aliphatic rings. The van der Waals surface area contributed by atoms with Crippen molar-refractivity contribution >= 4 is 57.1 Å². The first-order valence-corrected chi connectivity index (χ1v) is 9.94. The van der Waals surface area contributed by atoms with Crippen LogP contribution < -0.4 is 5.32 Å². The predicted octanol–water partition coefficient (Wildman–Crippen LogP) is 5.31. The molecule has 0 bridgehead atoms. The molecule has 116 valence electrons. The maximum Gasteiger partial charge on any atom is 0.231 e. The third kappa shape index (κ3) is 3.17. The lowest BCUT2D eigenvalue weighted by Crippen LogP contribution is -2.13. The number of carbonyl (C=O) groups excluding carboxylic acids is 1. The van der Waals surface area contributed by atoms with Gasteiger partial charge in [0.2, 0.25) is 5.91 Å². The molecule has 0 fully saturated rings. The summed E-state index contributed by atoms with van der Waals surface area (Å²) in [5, 5.41) is 3.58. The highest BCUT2D eigenvalue weighted by Crippen LogP contribution is 2.44. The molecule has 23 heavy (non-hydrogen) atoms. The number of carbonyl (C=O) groups is 1. The number of benzene rings is 1. The molecular weight excluding hydrogens is 368 g/mol. The Bertz CT molecular complexity index is 887. The number of halogens is 1. The van der Waals surface area contributed by atoms with E-state index in [0.29, 0.717) is 15.9 Å². The van der Waals surface area contributed by atoms with Gasteiger partial charge in [0, 0.05) is 26.0 Å². The predicted molar refractivity (Wildman–Crippen MR) is 98.8 cm³/mol. The highest BCUT2D eigenvalue weighted by atomic mass is 35.5. The minimum Gasteiger partial charge on any atom is -0.302 e. The van der Waals surface area contributed by atoms with Gasteiger partial charge in [-0.15, -0.1) is 34.4 Å². The number of thiazole rings is 1. The molecule has 0 unspecified atom stereocenters. The van der Waals surface area contributed by atoms with Gasteiger partial charge in [0.25, 0.3) is 0 Å². The number of fused-ring (bicyclic) bond motifs is 3. The molecule has 1 amide bonds. The number of anilines is 1. The van der Waals surface area contributed by atoms with Crippen LogP contribution in [0.4, 0.5) is 5.13 Å². The molecule has 3 aromatic rings. The smallest absolute Gasteiger partial charge is 0.231 e. The summed E-state index contributed by atoms with van der Waals surface area (Å²) in [6, 6.07) is 11.9. The van der Waals surface area contributed by atoms with Crippen LogP contribution >= 0.6 is 46.0 Å². The molecule has 0 radical (unpaired) electrons. The van der Waals surface area contributed by atoms with E-state index in [1.165, 1.54) is 21.1 Å². The summed E-state index contributed by atoms with van der Waals surface area (Å²) in [6.07, 6.45) is 0.326. The second-order valence-corrected chi connectivity index (χ2v) is 8.91. The van der Waals surface area contributed by atoms with Crippen LogP contribution in [-0.4, -0.2) is 10.9 Å². The topological polar surface area (TPSA) is 42.0 Å². The Labute approximate surface area is 150 Å². The van der Waals surface area contributed by atoms with Gasteiger partial charge < -0.3 is 5.32 Å². The molecule has 0 spiro atoms. The van der Waals surface area contributed by atoms with E-state index in [2.05, 4.69) is 22.4 Å². The number of thiophene rings is 1. The Kier molecular flexibility index (Phi) is 4.15. The normalized spacial score (nSPS) is 12.6. The zero-order valence-corrected chi connectivity index (χ0v) is 15.0. The fourth-order valence-electron chi connectivity index (χ4n) is 2.41. The van der Waals surface area contributed by atoms with E-state index in [1.54, 1.807) is 11.3 Å². The van der Waals surface area contributed by atoms with Crippen LogP contribution in [0.1, 0.15) is 9.75 Å². The first-order valence-electron chi connectivity index (χ1n) is 6.95. The summed E-state index contributed by atoms with van der Waals surface area (Å²) >= 11 is 10.7. The van der Waals surface area contributed by atoms with E-state index in [1.807, 2.05) is 36.0 Å². The lowest BCUT2D eigenvalue weighted by Gasteiger charge is -2.13. The van der Waals surface area contributed by atoms with Gasteiger partial charge in [0.05, 0.1) is 16.5 Å². The summed E-state index contributed by atoms with van der Waals surface area (Å²) in [4.78, 5) is 20.2. The van der Waals surface area contributed by atoms with Crippen LogP contribution in [0.25, 0.3) is 11.3 Å². The average molecular weight is 379 g/mol. The van der Waals surface area contributed by atoms with Crippen LogP contribution in [0.3, 0.4) is 0 Å². The number of nitrogens with zero attached hydrogens (tertiary/aromatic N) is 1. The van der Waals surface area contributed by atoms with Gasteiger partial charge in [-0.2, -0.15) is 0 Å². The van der Waals surface area contributed by atoms with Crippen molar-refractivity contribution in [1.82, 2.24) is 4.98 Å². The molecule has 1 N–H and O–H groups in total. The van der Waals surface area contributed by atoms with E-state index < -0.39 is 0 Å². The number of hydrogen-bond donors (Lipinski definition) is 1. The van der Waals surface area contributed by atoms with Gasteiger partial charge in [-0.25, -0.2) is 4.98 Å². The Morgan fingerprint density at radius 2 is 2.09 bits per heavy atom. The molecule has 1 aliphatic heterocycles. The van der Waals surface area contributed by atoms with Gasteiger partial charge in [-0.05, 0) is 18.2 Å². The van der Waals surface area contributed by atoms with Crippen molar-refractivity contribution < 1.29 is 4.79 Å². The first-order chi connectivity index (χ1) is 11.2. The summed E-state index contributed by atoms with van der Waals surface area (Å²) in [7, 11) is 0. The summed E-state index contributed by atoms with van der Waals surface area (Å²) < 4.78 is 0.700. The van der Waals surface area contributed by atoms with Crippen molar-refractivity contribution in [2.75, 3.05) is 5.32 Å². The molecule has 4 rings (SSSR count). The molecule has 2 aromatic heterocycles. The number of thioether (sulfide) groups is 1. The quantitative estimate of drug-likeness (QED) is 0.671. The molecular formula is C16H11ClN2OS3. The molecule has 0 saturated carbocycles. The molecule has 0 saturated heterocycles. The fourth-order valence-corrected chi connectivity index (χ4v) is 5.62. The molecule has 1 aromatic carbocycles. The van der Waals surface area contributed by atoms with Gasteiger partial charge in [0.1, 0.15) is 0 Å². The van der Waals surface area contributed by atoms with Crippen molar-refractivity contribution in [3.05, 3.63) is 50.5 Å². The molecule has 7 heteroatoms. The van der Waals surface area contributed by atoms with Gasteiger partial charge >= 0.3 is 0 Å².